The van der Waals surface area contributed by atoms with E-state index in [1.165, 1.54) is 0 Å². The first-order chi connectivity index (χ1) is 8.11. The molecule has 0 aliphatic rings. The minimum Gasteiger partial charge on any atom is -0.374 e. The lowest BCUT2D eigenvalue weighted by molar-refractivity contribution is 0.109. The van der Waals surface area contributed by atoms with E-state index < -0.39 is 6.04 Å². The molecule has 0 saturated carbocycles. The number of nitrogens with zero attached hydrogens (tertiary/aromatic N) is 4. The van der Waals surface area contributed by atoms with Crippen LogP contribution in [0.5, 0.6) is 0 Å². The average molecular weight is 237 g/mol. The molecule has 92 valence electrons. The smallest absolute Gasteiger partial charge is 0.248 e. The molecular weight excluding hydrogens is 222 g/mol. The van der Waals surface area contributed by atoms with Crippen molar-refractivity contribution in [1.82, 2.24) is 19.9 Å². The van der Waals surface area contributed by atoms with E-state index in [9.17, 15) is 0 Å². The second-order valence-corrected chi connectivity index (χ2v) is 3.79. The van der Waals surface area contributed by atoms with Gasteiger partial charge in [-0.3, -0.25) is 4.68 Å². The summed E-state index contributed by atoms with van der Waals surface area (Å²) in [5.41, 5.74) is 6.82. The Bertz CT molecular complexity index is 492. The first-order valence-electron chi connectivity index (χ1n) is 5.22. The van der Waals surface area contributed by atoms with Gasteiger partial charge in [0.15, 0.2) is 5.82 Å². The van der Waals surface area contributed by atoms with Gasteiger partial charge in [0.25, 0.3) is 0 Å². The molecule has 2 rings (SSSR count). The topological polar surface area (TPSA) is 92.0 Å². The van der Waals surface area contributed by atoms with Gasteiger partial charge in [0, 0.05) is 25.9 Å². The molecule has 2 heterocycles. The summed E-state index contributed by atoms with van der Waals surface area (Å²) in [7, 11) is 3.41. The molecule has 0 bridgehead atoms. The van der Waals surface area contributed by atoms with Crippen LogP contribution in [0.2, 0.25) is 0 Å². The summed E-state index contributed by atoms with van der Waals surface area (Å²) < 4.78 is 11.9. The predicted octanol–water partition coefficient (Wildman–Crippen LogP) is 0.559. The number of methoxy groups -OCH3 is 1. The summed E-state index contributed by atoms with van der Waals surface area (Å²) >= 11 is 0. The standard InChI is InChI=1S/C10H15N5O2/c1-6(16-3)9-13-10(17-14-9)8(11)7-4-12-15(2)5-7/h4-6,8H,11H2,1-3H3. The molecule has 2 atom stereocenters. The van der Waals surface area contributed by atoms with Crippen molar-refractivity contribution in [3.8, 4) is 0 Å². The van der Waals surface area contributed by atoms with Crippen molar-refractivity contribution in [2.45, 2.75) is 19.1 Å². The maximum absolute atomic E-state index is 5.99. The Morgan fingerprint density at radius 1 is 1.53 bits per heavy atom. The van der Waals surface area contributed by atoms with Gasteiger partial charge in [-0.25, -0.2) is 0 Å². The highest BCUT2D eigenvalue weighted by atomic mass is 16.5. The molecule has 0 spiro atoms. The fourth-order valence-electron chi connectivity index (χ4n) is 1.39. The van der Waals surface area contributed by atoms with E-state index in [0.29, 0.717) is 11.7 Å². The van der Waals surface area contributed by atoms with Gasteiger partial charge in [0.05, 0.1) is 6.20 Å². The Balaban J connectivity index is 2.20. The average Bonchev–Trinajstić information content (AvgIpc) is 2.95. The van der Waals surface area contributed by atoms with Crippen molar-refractivity contribution in [3.63, 3.8) is 0 Å². The molecule has 7 heteroatoms. The van der Waals surface area contributed by atoms with Gasteiger partial charge in [-0.15, -0.1) is 0 Å². The van der Waals surface area contributed by atoms with Crippen LogP contribution in [0.15, 0.2) is 16.9 Å². The van der Waals surface area contributed by atoms with Crippen LogP contribution in [0.25, 0.3) is 0 Å². The molecule has 0 saturated heterocycles. The number of aromatic nitrogens is 4. The molecule has 0 radical (unpaired) electrons. The highest BCUT2D eigenvalue weighted by Gasteiger charge is 2.20. The van der Waals surface area contributed by atoms with Gasteiger partial charge in [-0.05, 0) is 6.92 Å². The molecule has 0 aliphatic heterocycles. The third kappa shape index (κ3) is 2.34. The van der Waals surface area contributed by atoms with Crippen molar-refractivity contribution in [3.05, 3.63) is 29.7 Å². The first-order valence-corrected chi connectivity index (χ1v) is 5.22. The SMILES string of the molecule is COC(C)c1noc(C(N)c2cnn(C)c2)n1. The van der Waals surface area contributed by atoms with Crippen LogP contribution in [-0.2, 0) is 11.8 Å². The van der Waals surface area contributed by atoms with Crippen LogP contribution in [-0.4, -0.2) is 27.0 Å². The number of nitrogens with two attached hydrogens (primary N) is 1. The molecular formula is C10H15N5O2. The molecule has 2 aromatic rings. The quantitative estimate of drug-likeness (QED) is 0.835. The van der Waals surface area contributed by atoms with E-state index in [2.05, 4.69) is 15.2 Å². The molecule has 0 amide bonds. The van der Waals surface area contributed by atoms with E-state index in [1.54, 1.807) is 18.0 Å². The maximum atomic E-state index is 5.99. The molecule has 0 aliphatic carbocycles. The number of hydrogen-bond acceptors (Lipinski definition) is 6. The van der Waals surface area contributed by atoms with E-state index in [1.807, 2.05) is 20.2 Å². The van der Waals surface area contributed by atoms with Gasteiger partial charge >= 0.3 is 0 Å². The summed E-state index contributed by atoms with van der Waals surface area (Å²) in [6, 6.07) is -0.464. The molecule has 0 fully saturated rings. The molecule has 0 aromatic carbocycles. The predicted molar refractivity (Wildman–Crippen MR) is 59.0 cm³/mol. The van der Waals surface area contributed by atoms with Crippen molar-refractivity contribution in [2.75, 3.05) is 7.11 Å². The minimum atomic E-state index is -0.464. The summed E-state index contributed by atoms with van der Waals surface area (Å²) in [6.07, 6.45) is 3.27. The third-order valence-electron chi connectivity index (χ3n) is 2.52. The second kappa shape index (κ2) is 4.64. The van der Waals surface area contributed by atoms with Crippen molar-refractivity contribution in [1.29, 1.82) is 0 Å². The lowest BCUT2D eigenvalue weighted by Crippen LogP contribution is -2.12. The molecule has 2 unspecified atom stereocenters. The van der Waals surface area contributed by atoms with Gasteiger partial charge in [0.1, 0.15) is 12.1 Å². The van der Waals surface area contributed by atoms with Gasteiger partial charge in [-0.1, -0.05) is 5.16 Å². The van der Waals surface area contributed by atoms with Crippen LogP contribution in [0.4, 0.5) is 0 Å². The second-order valence-electron chi connectivity index (χ2n) is 3.79. The number of rotatable bonds is 4. The van der Waals surface area contributed by atoms with Crippen LogP contribution >= 0.6 is 0 Å². The number of hydrogen-bond donors (Lipinski definition) is 1. The molecule has 2 aromatic heterocycles. The van der Waals surface area contributed by atoms with Crippen LogP contribution in [0.1, 0.15) is 36.3 Å². The van der Waals surface area contributed by atoms with Crippen molar-refractivity contribution in [2.24, 2.45) is 12.8 Å². The zero-order valence-electron chi connectivity index (χ0n) is 9.99. The van der Waals surface area contributed by atoms with Crippen LogP contribution < -0.4 is 5.73 Å². The third-order valence-corrected chi connectivity index (χ3v) is 2.52. The summed E-state index contributed by atoms with van der Waals surface area (Å²) in [6.45, 7) is 1.84. The zero-order valence-corrected chi connectivity index (χ0v) is 9.99. The number of ether oxygens (including phenoxy) is 1. The van der Waals surface area contributed by atoms with Crippen LogP contribution in [0, 0.1) is 0 Å². The molecule has 2 N–H and O–H groups in total. The Morgan fingerprint density at radius 3 is 2.88 bits per heavy atom. The van der Waals surface area contributed by atoms with Crippen molar-refractivity contribution >= 4 is 0 Å². The Morgan fingerprint density at radius 2 is 2.29 bits per heavy atom. The Kier molecular flexibility index (Phi) is 3.21. The Labute approximate surface area is 98.6 Å². The van der Waals surface area contributed by atoms with Crippen molar-refractivity contribution < 1.29 is 9.26 Å². The van der Waals surface area contributed by atoms with Crippen LogP contribution in [0.3, 0.4) is 0 Å². The minimum absolute atomic E-state index is 0.214. The Hall–Kier alpha value is -1.73. The highest BCUT2D eigenvalue weighted by molar-refractivity contribution is 5.16. The summed E-state index contributed by atoms with van der Waals surface area (Å²) in [5.74, 6) is 0.846. The van der Waals surface area contributed by atoms with Gasteiger partial charge < -0.3 is 15.0 Å². The molecule has 17 heavy (non-hydrogen) atoms. The highest BCUT2D eigenvalue weighted by Crippen LogP contribution is 2.19. The number of aryl methyl sites for hydroxylation is 1. The maximum Gasteiger partial charge on any atom is 0.248 e. The first kappa shape index (κ1) is 11.7. The summed E-state index contributed by atoms with van der Waals surface area (Å²) in [5, 5.41) is 7.87. The fraction of sp³-hybridized carbons (Fsp3) is 0.500. The van der Waals surface area contributed by atoms with E-state index in [-0.39, 0.29) is 6.10 Å². The normalized spacial score (nSPS) is 14.8. The lowest BCUT2D eigenvalue weighted by Gasteiger charge is -2.03. The van der Waals surface area contributed by atoms with Gasteiger partial charge in [0.2, 0.25) is 5.89 Å². The molecule has 7 nitrogen and oxygen atoms in total. The van der Waals surface area contributed by atoms with E-state index in [0.717, 1.165) is 5.56 Å². The van der Waals surface area contributed by atoms with E-state index in [4.69, 9.17) is 15.0 Å². The summed E-state index contributed by atoms with van der Waals surface area (Å²) in [4.78, 5) is 4.20. The fourth-order valence-corrected chi connectivity index (χ4v) is 1.39. The zero-order chi connectivity index (χ0) is 12.4. The van der Waals surface area contributed by atoms with Gasteiger partial charge in [-0.2, -0.15) is 10.1 Å². The van der Waals surface area contributed by atoms with E-state index >= 15 is 0 Å². The largest absolute Gasteiger partial charge is 0.374 e. The lowest BCUT2D eigenvalue weighted by atomic mass is 10.2. The monoisotopic (exact) mass is 237 g/mol.